The third-order valence-electron chi connectivity index (χ3n) is 12.1. The van der Waals surface area contributed by atoms with Crippen LogP contribution in [0.25, 0.3) is 0 Å². The summed E-state index contributed by atoms with van der Waals surface area (Å²) < 4.78 is 12.0. The zero-order chi connectivity index (χ0) is 41.9. The van der Waals surface area contributed by atoms with Crippen LogP contribution in [0, 0.1) is 23.7 Å². The van der Waals surface area contributed by atoms with Crippen molar-refractivity contribution in [2.45, 2.75) is 49.9 Å². The molecule has 12 rings (SSSR count). The largest absolute Gasteiger partial charge is 0.356 e. The molecule has 312 valence electrons. The monoisotopic (exact) mass is 882 g/mol. The Bertz CT molecular complexity index is 2780. The summed E-state index contributed by atoms with van der Waals surface area (Å²) in [5.41, 5.74) is 1.09. The molecule has 0 amide bonds. The summed E-state index contributed by atoms with van der Waals surface area (Å²) in [6.45, 7) is 7.80. The molecule has 10 heterocycles. The van der Waals surface area contributed by atoms with E-state index in [2.05, 4.69) is 65.0 Å². The Morgan fingerprint density at radius 1 is 0.721 bits per heavy atom. The van der Waals surface area contributed by atoms with Crippen molar-refractivity contribution in [1.82, 2.24) is 49.8 Å². The molecule has 6 aliphatic rings. The van der Waals surface area contributed by atoms with Crippen molar-refractivity contribution < 1.29 is 9.05 Å². The third-order valence-corrected chi connectivity index (χ3v) is 12.8. The van der Waals surface area contributed by atoms with Gasteiger partial charge in [0.1, 0.15) is 30.4 Å². The van der Waals surface area contributed by atoms with Crippen LogP contribution in [0.2, 0.25) is 10.0 Å². The molecule has 4 unspecified atom stereocenters. The van der Waals surface area contributed by atoms with E-state index in [1.165, 1.54) is 17.2 Å². The molecule has 0 aromatic carbocycles. The summed E-state index contributed by atoms with van der Waals surface area (Å²) in [6.07, 6.45) is 9.80. The number of halogens is 3. The molecule has 2 saturated heterocycles. The molecule has 0 bridgehead atoms. The van der Waals surface area contributed by atoms with Crippen molar-refractivity contribution in [2.75, 3.05) is 36.0 Å². The number of anilines is 2. The van der Waals surface area contributed by atoms with Crippen LogP contribution in [0.15, 0.2) is 77.9 Å². The first-order valence-electron chi connectivity index (χ1n) is 19.8. The van der Waals surface area contributed by atoms with Crippen molar-refractivity contribution in [1.29, 1.82) is 0 Å². The van der Waals surface area contributed by atoms with Gasteiger partial charge in [-0.05, 0) is 47.9 Å². The van der Waals surface area contributed by atoms with E-state index in [0.717, 1.165) is 54.5 Å². The van der Waals surface area contributed by atoms with Crippen LogP contribution in [0.1, 0.15) is 72.1 Å². The van der Waals surface area contributed by atoms with Crippen molar-refractivity contribution in [3.05, 3.63) is 115 Å². The second kappa shape index (κ2) is 15.9. The molecule has 2 aliphatic carbocycles. The van der Waals surface area contributed by atoms with Gasteiger partial charge in [0.15, 0.2) is 23.3 Å². The molecule has 61 heavy (non-hydrogen) atoms. The van der Waals surface area contributed by atoms with Crippen LogP contribution in [0.5, 0.6) is 0 Å². The molecule has 18 nitrogen and oxygen atoms in total. The van der Waals surface area contributed by atoms with Gasteiger partial charge >= 0.3 is 0 Å². The van der Waals surface area contributed by atoms with E-state index in [4.69, 9.17) is 43.8 Å². The fourth-order valence-electron chi connectivity index (χ4n) is 8.94. The van der Waals surface area contributed by atoms with Gasteiger partial charge in [-0.1, -0.05) is 47.4 Å². The van der Waals surface area contributed by atoms with Crippen LogP contribution in [-0.4, -0.2) is 88.4 Å². The zero-order valence-electron chi connectivity index (χ0n) is 32.7. The second-order valence-electron chi connectivity index (χ2n) is 15.9. The number of piperidine rings is 2. The third kappa shape index (κ3) is 7.61. The van der Waals surface area contributed by atoms with Crippen LogP contribution in [-0.2, 0) is 12.4 Å². The van der Waals surface area contributed by atoms with E-state index in [-0.39, 0.29) is 35.4 Å². The van der Waals surface area contributed by atoms with E-state index in [9.17, 15) is 9.59 Å². The van der Waals surface area contributed by atoms with Crippen LogP contribution in [0.4, 0.5) is 23.3 Å². The number of aromatic nitrogens is 10. The lowest BCUT2D eigenvalue weighted by Gasteiger charge is -2.20. The van der Waals surface area contributed by atoms with Gasteiger partial charge in [-0.25, -0.2) is 29.9 Å². The Kier molecular flexibility index (Phi) is 10.2. The van der Waals surface area contributed by atoms with Crippen molar-refractivity contribution in [2.24, 2.45) is 33.7 Å². The zero-order valence-corrected chi connectivity index (χ0v) is 35.0. The maximum absolute atomic E-state index is 12.7. The van der Waals surface area contributed by atoms with E-state index >= 15 is 0 Å². The Hall–Kier alpha value is -5.85. The predicted octanol–water partition coefficient (Wildman–Crippen LogP) is 5.69. The first-order chi connectivity index (χ1) is 29.6. The van der Waals surface area contributed by atoms with E-state index < -0.39 is 0 Å². The van der Waals surface area contributed by atoms with Crippen LogP contribution < -0.4 is 20.9 Å². The molecule has 6 aromatic heterocycles. The number of nitrogens with zero attached hydrogens (tertiary/aromatic N) is 13. The molecular weight excluding hydrogens is 847 g/mol. The lowest BCUT2D eigenvalue weighted by atomic mass is 10.1. The molecule has 2 saturated carbocycles. The fourth-order valence-corrected chi connectivity index (χ4v) is 9.35. The number of nitrogens with one attached hydrogen (secondary N) is 1. The van der Waals surface area contributed by atoms with Gasteiger partial charge in [-0.2, -0.15) is 9.97 Å². The average molecular weight is 884 g/mol. The quantitative estimate of drug-likeness (QED) is 0.191. The highest BCUT2D eigenvalue weighted by atomic mass is 35.5. The topological polar surface area (TPSA) is 215 Å². The summed E-state index contributed by atoms with van der Waals surface area (Å²) in [4.78, 5) is 64.9. The van der Waals surface area contributed by atoms with Crippen molar-refractivity contribution >= 4 is 70.5 Å². The standard InChI is InChI=1S/C20H18ClN7O2.C13H12Cl2N4O.C7H7N3O/c1-10-5-23-18-16(10)20(29)28(9-24-18)8-15-25-19(26-30-15)17-12-6-27(7-13(12)17)14-4-11(21)2-3-22-14;14-4-11-17-13(18-20-11)12-8-5-19(6-9(8)12)10-3-7(15)1-2-16-10;1-4-2-8-6-5(4)7(11)10-3-9-6/h2-5,9-10,12-13,17H,6-8H2,1H3;1-3,8-9,12H,4-6H2;2-4H,1H3,(H,9,10,11)/t10?,12-,13+,17?;8-,9+,12?;. The highest BCUT2D eigenvalue weighted by molar-refractivity contribution is 6.31. The van der Waals surface area contributed by atoms with E-state index in [1.54, 1.807) is 37.0 Å². The molecule has 4 aliphatic heterocycles. The average Bonchev–Trinajstić information content (AvgIpc) is 3.82. The number of H-pyrrole nitrogens is 1. The normalized spacial score (nSPS) is 25.6. The van der Waals surface area contributed by atoms with Crippen molar-refractivity contribution in [3.63, 3.8) is 0 Å². The summed E-state index contributed by atoms with van der Waals surface area (Å²) >= 11 is 17.8. The van der Waals surface area contributed by atoms with Crippen LogP contribution >= 0.6 is 34.8 Å². The number of hydrogen-bond acceptors (Lipinski definition) is 16. The van der Waals surface area contributed by atoms with Gasteiger partial charge in [0.25, 0.3) is 11.1 Å². The van der Waals surface area contributed by atoms with Gasteiger partial charge in [0.05, 0.1) is 17.5 Å². The maximum atomic E-state index is 12.7. The lowest BCUT2D eigenvalue weighted by molar-refractivity contribution is 0.363. The maximum Gasteiger partial charge on any atom is 0.259 e. The molecule has 0 radical (unpaired) electrons. The van der Waals surface area contributed by atoms with E-state index in [1.807, 2.05) is 26.0 Å². The number of alkyl halides is 1. The van der Waals surface area contributed by atoms with Crippen molar-refractivity contribution in [3.8, 4) is 0 Å². The molecule has 0 spiro atoms. The van der Waals surface area contributed by atoms with Gasteiger partial charge in [-0.3, -0.25) is 14.2 Å². The molecular formula is C40H37Cl3N14O4. The Morgan fingerprint density at radius 2 is 1.25 bits per heavy atom. The molecule has 4 fully saturated rings. The summed E-state index contributed by atoms with van der Waals surface area (Å²) in [6, 6.07) is 7.36. The summed E-state index contributed by atoms with van der Waals surface area (Å²) in [5.74, 6) is 8.51. The number of fused-ring (bicyclic) bond motifs is 4. The lowest BCUT2D eigenvalue weighted by Crippen LogP contribution is -2.25. The second-order valence-corrected chi connectivity index (χ2v) is 17.1. The van der Waals surface area contributed by atoms with Gasteiger partial charge in [0.2, 0.25) is 11.8 Å². The van der Waals surface area contributed by atoms with E-state index in [0.29, 0.717) is 75.1 Å². The number of rotatable bonds is 7. The smallest absolute Gasteiger partial charge is 0.259 e. The highest BCUT2D eigenvalue weighted by Gasteiger charge is 2.59. The van der Waals surface area contributed by atoms with Gasteiger partial charge in [0, 0.05) is 84.7 Å². The van der Waals surface area contributed by atoms with Gasteiger partial charge < -0.3 is 23.8 Å². The Morgan fingerprint density at radius 3 is 1.77 bits per heavy atom. The molecule has 21 heteroatoms. The predicted molar refractivity (Wildman–Crippen MR) is 226 cm³/mol. The number of hydrogen-bond donors (Lipinski definition) is 1. The number of pyridine rings is 2. The minimum Gasteiger partial charge on any atom is -0.356 e. The minimum atomic E-state index is -0.113. The molecule has 1 N–H and O–H groups in total. The summed E-state index contributed by atoms with van der Waals surface area (Å²) in [5, 5.41) is 9.61. The Labute approximate surface area is 362 Å². The number of aromatic amines is 1. The fraction of sp³-hybridized carbons (Fsp3) is 0.400. The molecule has 6 aromatic rings. The Balaban J connectivity index is 0.000000123. The number of aliphatic imine (C=N–C) groups is 2. The highest BCUT2D eigenvalue weighted by Crippen LogP contribution is 2.58. The first kappa shape index (κ1) is 39.3. The summed E-state index contributed by atoms with van der Waals surface area (Å²) in [7, 11) is 0. The minimum absolute atomic E-state index is 0.0338. The molecule has 8 atom stereocenters. The van der Waals surface area contributed by atoms with Gasteiger partial charge in [-0.15, -0.1) is 11.6 Å². The first-order valence-corrected chi connectivity index (χ1v) is 21.1. The SMILES string of the molecule is CC1C=Nc2nc[nH]c(=O)c21.CC1C=Nc2ncn(Cc3nc(C4[C@H]5CN(c6cc(Cl)ccn6)C[C@@H]45)no3)c(=O)c21.ClCc1nc(C2[C@H]3CN(c4cc(Cl)ccn4)C[C@@H]23)no1. The van der Waals surface area contributed by atoms with Crippen LogP contribution in [0.3, 0.4) is 0 Å².